The number of aryl methyl sites for hydroxylation is 1. The highest BCUT2D eigenvalue weighted by atomic mass is 16.6. The Morgan fingerprint density at radius 3 is 2.60 bits per heavy atom. The van der Waals surface area contributed by atoms with Gasteiger partial charge in [-0.1, -0.05) is 6.07 Å². The standard InChI is InChI=1S/C14H12N2O4/c1-9-3-6-13(15-8-9)11-5-4-10(16(18)19)7-12(11)14(17)20-2/h3-8H,1-2H3. The highest BCUT2D eigenvalue weighted by Crippen LogP contribution is 2.26. The van der Waals surface area contributed by atoms with E-state index >= 15 is 0 Å². The van der Waals surface area contributed by atoms with Gasteiger partial charge in [-0.05, 0) is 24.6 Å². The summed E-state index contributed by atoms with van der Waals surface area (Å²) in [6.07, 6.45) is 1.66. The van der Waals surface area contributed by atoms with Crippen LogP contribution in [0.25, 0.3) is 11.3 Å². The second-order valence-electron chi connectivity index (χ2n) is 4.20. The van der Waals surface area contributed by atoms with Gasteiger partial charge < -0.3 is 4.74 Å². The molecule has 1 aromatic heterocycles. The van der Waals surface area contributed by atoms with Crippen LogP contribution in [0.4, 0.5) is 5.69 Å². The average Bonchev–Trinajstić information content (AvgIpc) is 2.46. The fraction of sp³-hybridized carbons (Fsp3) is 0.143. The number of esters is 1. The van der Waals surface area contributed by atoms with E-state index in [2.05, 4.69) is 9.72 Å². The molecule has 6 nitrogen and oxygen atoms in total. The number of carbonyl (C=O) groups is 1. The number of nitrogens with zero attached hydrogens (tertiary/aromatic N) is 2. The van der Waals surface area contributed by atoms with Crippen LogP contribution < -0.4 is 0 Å². The van der Waals surface area contributed by atoms with Gasteiger partial charge in [0, 0.05) is 23.9 Å². The second-order valence-corrected chi connectivity index (χ2v) is 4.20. The van der Waals surface area contributed by atoms with Crippen molar-refractivity contribution in [2.45, 2.75) is 6.92 Å². The van der Waals surface area contributed by atoms with Crippen molar-refractivity contribution in [1.82, 2.24) is 4.98 Å². The van der Waals surface area contributed by atoms with E-state index in [0.29, 0.717) is 11.3 Å². The highest BCUT2D eigenvalue weighted by Gasteiger charge is 2.18. The van der Waals surface area contributed by atoms with Gasteiger partial charge in [0.2, 0.25) is 0 Å². The lowest BCUT2D eigenvalue weighted by atomic mass is 10.0. The van der Waals surface area contributed by atoms with E-state index < -0.39 is 10.9 Å². The van der Waals surface area contributed by atoms with Crippen LogP contribution in [0.3, 0.4) is 0 Å². The first kappa shape index (κ1) is 13.7. The van der Waals surface area contributed by atoms with Crippen molar-refractivity contribution in [3.8, 4) is 11.3 Å². The normalized spacial score (nSPS) is 10.1. The zero-order valence-electron chi connectivity index (χ0n) is 11.0. The molecule has 2 rings (SSSR count). The molecule has 0 saturated carbocycles. The Bertz CT molecular complexity index is 665. The molecule has 0 radical (unpaired) electrons. The average molecular weight is 272 g/mol. The van der Waals surface area contributed by atoms with E-state index in [4.69, 9.17) is 0 Å². The molecule has 0 fully saturated rings. The summed E-state index contributed by atoms with van der Waals surface area (Å²) in [4.78, 5) is 26.2. The van der Waals surface area contributed by atoms with Crippen molar-refractivity contribution in [3.63, 3.8) is 0 Å². The van der Waals surface area contributed by atoms with Gasteiger partial charge in [0.15, 0.2) is 0 Å². The summed E-state index contributed by atoms with van der Waals surface area (Å²) in [5.41, 5.74) is 2.00. The van der Waals surface area contributed by atoms with Gasteiger partial charge in [0.1, 0.15) is 0 Å². The zero-order chi connectivity index (χ0) is 14.7. The summed E-state index contributed by atoms with van der Waals surface area (Å²) in [5.74, 6) is -0.633. The predicted molar refractivity (Wildman–Crippen MR) is 72.4 cm³/mol. The summed E-state index contributed by atoms with van der Waals surface area (Å²) in [7, 11) is 1.23. The zero-order valence-corrected chi connectivity index (χ0v) is 11.0. The molecule has 2 aromatic rings. The molecule has 0 atom stereocenters. The predicted octanol–water partition coefficient (Wildman–Crippen LogP) is 2.75. The molecule has 0 bridgehead atoms. The Kier molecular flexibility index (Phi) is 3.74. The van der Waals surface area contributed by atoms with E-state index in [1.807, 2.05) is 13.0 Å². The topological polar surface area (TPSA) is 82.3 Å². The molecule has 0 spiro atoms. The van der Waals surface area contributed by atoms with Crippen LogP contribution in [-0.4, -0.2) is 23.0 Å². The van der Waals surface area contributed by atoms with Crippen molar-refractivity contribution >= 4 is 11.7 Å². The quantitative estimate of drug-likeness (QED) is 0.487. The third-order valence-electron chi connectivity index (χ3n) is 2.81. The Hall–Kier alpha value is -2.76. The molecule has 0 saturated heterocycles. The van der Waals surface area contributed by atoms with Crippen LogP contribution in [0.5, 0.6) is 0 Å². The molecule has 1 aromatic carbocycles. The molecule has 1 heterocycles. The van der Waals surface area contributed by atoms with Crippen LogP contribution in [0.15, 0.2) is 36.5 Å². The molecule has 0 aliphatic rings. The summed E-state index contributed by atoms with van der Waals surface area (Å²) in [6.45, 7) is 1.90. The number of nitro benzene ring substituents is 1. The first-order valence-electron chi connectivity index (χ1n) is 5.82. The first-order valence-corrected chi connectivity index (χ1v) is 5.82. The van der Waals surface area contributed by atoms with Crippen LogP contribution in [0, 0.1) is 17.0 Å². The third kappa shape index (κ3) is 2.64. The minimum atomic E-state index is -0.633. The number of hydrogen-bond donors (Lipinski definition) is 0. The lowest BCUT2D eigenvalue weighted by molar-refractivity contribution is -0.384. The number of benzene rings is 1. The molecule has 20 heavy (non-hydrogen) atoms. The van der Waals surface area contributed by atoms with Crippen LogP contribution in [0.2, 0.25) is 0 Å². The number of carbonyl (C=O) groups excluding carboxylic acids is 1. The third-order valence-corrected chi connectivity index (χ3v) is 2.81. The highest BCUT2D eigenvalue weighted by molar-refractivity contribution is 5.97. The molecule has 0 unspecified atom stereocenters. The molecule has 0 N–H and O–H groups in total. The Labute approximate surface area is 115 Å². The molecular weight excluding hydrogens is 260 g/mol. The minimum Gasteiger partial charge on any atom is -0.465 e. The molecule has 0 aliphatic heterocycles. The van der Waals surface area contributed by atoms with E-state index in [0.717, 1.165) is 5.56 Å². The second kappa shape index (κ2) is 5.48. The lowest BCUT2D eigenvalue weighted by Crippen LogP contribution is -2.05. The van der Waals surface area contributed by atoms with Crippen LogP contribution in [-0.2, 0) is 4.74 Å². The maximum absolute atomic E-state index is 11.8. The van der Waals surface area contributed by atoms with Gasteiger partial charge in [0.05, 0.1) is 23.3 Å². The van der Waals surface area contributed by atoms with Crippen molar-refractivity contribution < 1.29 is 14.5 Å². The number of ether oxygens (including phenoxy) is 1. The van der Waals surface area contributed by atoms with Gasteiger partial charge in [-0.2, -0.15) is 0 Å². The molecule has 0 aliphatic carbocycles. The lowest BCUT2D eigenvalue weighted by Gasteiger charge is -2.07. The van der Waals surface area contributed by atoms with Gasteiger partial charge in [0.25, 0.3) is 5.69 Å². The number of rotatable bonds is 3. The van der Waals surface area contributed by atoms with E-state index in [1.54, 1.807) is 12.3 Å². The molecule has 102 valence electrons. The smallest absolute Gasteiger partial charge is 0.338 e. The Balaban J connectivity index is 2.59. The van der Waals surface area contributed by atoms with Gasteiger partial charge in [-0.15, -0.1) is 0 Å². The van der Waals surface area contributed by atoms with Crippen LogP contribution >= 0.6 is 0 Å². The SMILES string of the molecule is COC(=O)c1cc([N+](=O)[O-])ccc1-c1ccc(C)cn1. The number of non-ortho nitro benzene ring substituents is 1. The van der Waals surface area contributed by atoms with Crippen molar-refractivity contribution in [2.75, 3.05) is 7.11 Å². The number of hydrogen-bond acceptors (Lipinski definition) is 5. The maximum atomic E-state index is 11.8. The van der Waals surface area contributed by atoms with Gasteiger partial charge in [-0.3, -0.25) is 15.1 Å². The van der Waals surface area contributed by atoms with E-state index in [9.17, 15) is 14.9 Å². The molecular formula is C14H12N2O4. The Morgan fingerprint density at radius 2 is 2.05 bits per heavy atom. The summed E-state index contributed by atoms with van der Waals surface area (Å²) in [5, 5.41) is 10.8. The number of nitro groups is 1. The maximum Gasteiger partial charge on any atom is 0.338 e. The van der Waals surface area contributed by atoms with Gasteiger partial charge >= 0.3 is 5.97 Å². The Morgan fingerprint density at radius 1 is 1.30 bits per heavy atom. The first-order chi connectivity index (χ1) is 9.52. The fourth-order valence-electron chi connectivity index (χ4n) is 1.78. The van der Waals surface area contributed by atoms with Crippen molar-refractivity contribution in [3.05, 3.63) is 57.8 Å². The van der Waals surface area contributed by atoms with E-state index in [-0.39, 0.29) is 11.3 Å². The molecule has 6 heteroatoms. The summed E-state index contributed by atoms with van der Waals surface area (Å²) >= 11 is 0. The minimum absolute atomic E-state index is 0.123. The van der Waals surface area contributed by atoms with E-state index in [1.165, 1.54) is 25.3 Å². The monoisotopic (exact) mass is 272 g/mol. The molecule has 0 amide bonds. The van der Waals surface area contributed by atoms with Gasteiger partial charge in [-0.25, -0.2) is 4.79 Å². The van der Waals surface area contributed by atoms with Crippen LogP contribution in [0.1, 0.15) is 15.9 Å². The summed E-state index contributed by atoms with van der Waals surface area (Å²) < 4.78 is 4.67. The number of methoxy groups -OCH3 is 1. The largest absolute Gasteiger partial charge is 0.465 e. The van der Waals surface area contributed by atoms with Crippen molar-refractivity contribution in [1.29, 1.82) is 0 Å². The summed E-state index contributed by atoms with van der Waals surface area (Å²) in [6, 6.07) is 7.64. The van der Waals surface area contributed by atoms with Crippen molar-refractivity contribution in [2.24, 2.45) is 0 Å². The number of aromatic nitrogens is 1. The number of pyridine rings is 1. The fourth-order valence-corrected chi connectivity index (χ4v) is 1.78.